The number of carbonyl (C=O) groups excluding carboxylic acids is 1. The van der Waals surface area contributed by atoms with Crippen LogP contribution >= 0.6 is 0 Å². The molecule has 0 unspecified atom stereocenters. The van der Waals surface area contributed by atoms with E-state index in [4.69, 9.17) is 47.4 Å². The number of piperidine rings is 1. The maximum Gasteiger partial charge on any atom is 0.410 e. The molecule has 0 N–H and O–H groups in total. The van der Waals surface area contributed by atoms with E-state index < -0.39 is 67.0 Å². The summed E-state index contributed by atoms with van der Waals surface area (Å²) in [7, 11) is 0. The molecule has 9 aromatic rings. The maximum atomic E-state index is 15.6. The summed E-state index contributed by atoms with van der Waals surface area (Å²) in [4.78, 5) is 17.5. The average molecular weight is 1230 g/mol. The molecule has 12 heteroatoms. The van der Waals surface area contributed by atoms with Gasteiger partial charge in [-0.3, -0.25) is 4.90 Å². The molecule has 11 rings (SSSR count). The molecule has 0 bridgehead atoms. The Hall–Kier alpha value is -8.37. The molecule has 2 fully saturated rings. The molecular formula is C80H83NO11. The van der Waals surface area contributed by atoms with Gasteiger partial charge >= 0.3 is 6.09 Å². The molecule has 92 heavy (non-hydrogen) atoms. The highest BCUT2D eigenvalue weighted by Crippen LogP contribution is 2.37. The summed E-state index contributed by atoms with van der Waals surface area (Å²) in [6.07, 6.45) is -0.823. The first-order valence-corrected chi connectivity index (χ1v) is 32.0. The number of rotatable bonds is 32. The van der Waals surface area contributed by atoms with Crippen molar-refractivity contribution >= 4 is 6.09 Å². The fraction of sp³-hybridized carbons (Fsp3) is 0.287. The lowest BCUT2D eigenvalue weighted by molar-refractivity contribution is -0.271. The van der Waals surface area contributed by atoms with E-state index in [9.17, 15) is 0 Å². The molecule has 12 nitrogen and oxygen atoms in total. The van der Waals surface area contributed by atoms with Gasteiger partial charge in [-0.05, 0) is 62.9 Å². The Labute approximate surface area is 542 Å². The second-order valence-electron chi connectivity index (χ2n) is 23.3. The summed E-state index contributed by atoms with van der Waals surface area (Å²) < 4.78 is 70.1. The molecule has 2 aliphatic heterocycles. The Morgan fingerprint density at radius 1 is 0.293 bits per heavy atom. The number of carbonyl (C=O) groups is 1. The molecule has 9 aromatic carbocycles. The minimum absolute atomic E-state index is 0.0402. The largest absolute Gasteiger partial charge is 0.445 e. The van der Waals surface area contributed by atoms with E-state index in [1.165, 1.54) is 0 Å². The first kappa shape index (κ1) is 65.1. The first-order chi connectivity index (χ1) is 45.6. The zero-order valence-electron chi connectivity index (χ0n) is 52.0. The van der Waals surface area contributed by atoms with Crippen molar-refractivity contribution in [1.29, 1.82) is 0 Å². The van der Waals surface area contributed by atoms with Crippen molar-refractivity contribution in [3.63, 3.8) is 0 Å². The number of ether oxygens (including phenoxy) is 10. The second-order valence-corrected chi connectivity index (χ2v) is 23.3. The summed E-state index contributed by atoms with van der Waals surface area (Å²) in [6, 6.07) is 89.2. The van der Waals surface area contributed by atoms with Crippen LogP contribution in [0.25, 0.3) is 0 Å². The van der Waals surface area contributed by atoms with Gasteiger partial charge in [-0.2, -0.15) is 0 Å². The highest BCUT2D eigenvalue weighted by Gasteiger charge is 2.54. The molecule has 0 aromatic heterocycles. The van der Waals surface area contributed by atoms with Crippen LogP contribution in [-0.2, 0) is 107 Å². The lowest BCUT2D eigenvalue weighted by atomic mass is 9.85. The number of amides is 1. The Morgan fingerprint density at radius 3 is 0.935 bits per heavy atom. The molecule has 10 atom stereocenters. The zero-order chi connectivity index (χ0) is 62.6. The molecule has 0 radical (unpaired) electrons. The zero-order valence-corrected chi connectivity index (χ0v) is 52.0. The first-order valence-electron chi connectivity index (χ1n) is 32.0. The summed E-state index contributed by atoms with van der Waals surface area (Å²) in [5, 5.41) is 0. The fourth-order valence-electron chi connectivity index (χ4n) is 12.0. The third-order valence-corrected chi connectivity index (χ3v) is 16.7. The van der Waals surface area contributed by atoms with E-state index in [-0.39, 0.29) is 39.6 Å². The van der Waals surface area contributed by atoms with Gasteiger partial charge in [0.05, 0.1) is 84.3 Å². The van der Waals surface area contributed by atoms with Crippen LogP contribution in [0.5, 0.6) is 0 Å². The lowest BCUT2D eigenvalue weighted by Gasteiger charge is -2.52. The third-order valence-electron chi connectivity index (χ3n) is 16.7. The van der Waals surface area contributed by atoms with Gasteiger partial charge in [0.1, 0.15) is 49.3 Å². The number of nitrogens with zero attached hydrogens (tertiary/aromatic N) is 1. The van der Waals surface area contributed by atoms with Crippen molar-refractivity contribution in [2.24, 2.45) is 0 Å². The van der Waals surface area contributed by atoms with Crippen LogP contribution in [0.15, 0.2) is 285 Å². The Kier molecular flexibility index (Phi) is 25.1. The van der Waals surface area contributed by atoms with E-state index in [1.54, 1.807) is 0 Å². The minimum Gasteiger partial charge on any atom is -0.445 e. The number of benzene rings is 9. The van der Waals surface area contributed by atoms with Crippen LogP contribution < -0.4 is 0 Å². The van der Waals surface area contributed by atoms with Crippen molar-refractivity contribution in [3.05, 3.63) is 335 Å². The van der Waals surface area contributed by atoms with Crippen LogP contribution in [0.2, 0.25) is 0 Å². The van der Waals surface area contributed by atoms with Crippen molar-refractivity contribution in [2.75, 3.05) is 13.2 Å². The number of likely N-dealkylation sites (tertiary alicyclic amines) is 1. The van der Waals surface area contributed by atoms with Crippen LogP contribution in [0.4, 0.5) is 4.79 Å². The Balaban J connectivity index is 0.972. The van der Waals surface area contributed by atoms with Crippen LogP contribution in [0, 0.1) is 0 Å². The third kappa shape index (κ3) is 19.3. The number of hydrogen-bond donors (Lipinski definition) is 0. The molecule has 0 spiro atoms. The average Bonchev–Trinajstić information content (AvgIpc) is 0.916. The SMILES string of the molecule is O=C(OCc1ccccc1)N1[C@H](C/C=C/C[C@H]2O[C@H](COCc3ccccc3)[C@@H](OCc3ccccc3)[C@H](OCc3ccccc3)[C@H]2OCc2ccccc2)[C@H](OCc2ccccc2)[C@@H](OCc2ccccc2)[C@H](OCc2ccccc2)[C@H]1COCc1ccccc1. The van der Waals surface area contributed by atoms with Gasteiger partial charge in [-0.15, -0.1) is 0 Å². The number of hydrogen-bond acceptors (Lipinski definition) is 11. The normalized spacial score (nSPS) is 21.5. The summed E-state index contributed by atoms with van der Waals surface area (Å²) in [6.45, 7) is 2.67. The van der Waals surface area contributed by atoms with Crippen molar-refractivity contribution in [3.8, 4) is 0 Å². The molecule has 2 aliphatic rings. The van der Waals surface area contributed by atoms with E-state index in [2.05, 4.69) is 72.8 Å². The molecule has 2 heterocycles. The van der Waals surface area contributed by atoms with Crippen LogP contribution in [0.3, 0.4) is 0 Å². The summed E-state index contributed by atoms with van der Waals surface area (Å²) in [5.74, 6) is 0. The Bertz CT molecular complexity index is 3510. The Morgan fingerprint density at radius 2 is 0.565 bits per heavy atom. The molecular weight excluding hydrogens is 1150 g/mol. The quantitative estimate of drug-likeness (QED) is 0.0376. The fourth-order valence-corrected chi connectivity index (χ4v) is 12.0. The highest BCUT2D eigenvalue weighted by atomic mass is 16.6. The van der Waals surface area contributed by atoms with Gasteiger partial charge in [-0.25, -0.2) is 4.79 Å². The molecule has 474 valence electrons. The predicted molar refractivity (Wildman–Crippen MR) is 355 cm³/mol. The second kappa shape index (κ2) is 35.4. The molecule has 0 saturated carbocycles. The van der Waals surface area contributed by atoms with E-state index in [0.717, 1.165) is 50.1 Å². The maximum absolute atomic E-state index is 15.6. The van der Waals surface area contributed by atoms with Gasteiger partial charge < -0.3 is 47.4 Å². The van der Waals surface area contributed by atoms with E-state index >= 15 is 4.79 Å². The lowest BCUT2D eigenvalue weighted by Crippen LogP contribution is -2.70. The minimum atomic E-state index is -0.774. The van der Waals surface area contributed by atoms with Crippen molar-refractivity contribution < 1.29 is 52.2 Å². The molecule has 0 aliphatic carbocycles. The van der Waals surface area contributed by atoms with Crippen LogP contribution in [0.1, 0.15) is 62.9 Å². The molecule has 1 amide bonds. The van der Waals surface area contributed by atoms with Gasteiger partial charge in [0.15, 0.2) is 0 Å². The predicted octanol–water partition coefficient (Wildman–Crippen LogP) is 15.4. The summed E-state index contributed by atoms with van der Waals surface area (Å²) >= 11 is 0. The van der Waals surface area contributed by atoms with Gasteiger partial charge in [0, 0.05) is 0 Å². The van der Waals surface area contributed by atoms with E-state index in [1.807, 2.05) is 217 Å². The smallest absolute Gasteiger partial charge is 0.410 e. The highest BCUT2D eigenvalue weighted by molar-refractivity contribution is 5.69. The van der Waals surface area contributed by atoms with Crippen LogP contribution in [-0.4, -0.2) is 85.1 Å². The van der Waals surface area contributed by atoms with Gasteiger partial charge in [0.2, 0.25) is 0 Å². The van der Waals surface area contributed by atoms with Gasteiger partial charge in [0.25, 0.3) is 0 Å². The van der Waals surface area contributed by atoms with Crippen molar-refractivity contribution in [1.82, 2.24) is 4.90 Å². The summed E-state index contributed by atoms with van der Waals surface area (Å²) in [5.41, 5.74) is 8.84. The topological polar surface area (TPSA) is 113 Å². The van der Waals surface area contributed by atoms with Crippen molar-refractivity contribution in [2.45, 2.75) is 133 Å². The monoisotopic (exact) mass is 1230 g/mol. The van der Waals surface area contributed by atoms with E-state index in [0.29, 0.717) is 45.9 Å². The standard InChI is InChI=1S/C80H83NO11/c82-80(91-58-69-46-26-9-27-47-69)81-70(74(85-52-63-34-14-3-15-35-63)78(89-56-67-42-22-7-23-43-67)75(86-53-64-36-16-4-17-37-64)71(81)59-83-50-61-30-10-1-11-31-61)48-28-29-49-72-76(87-54-65-38-18-5-19-39-65)79(90-57-68-44-24-8-25-45-68)77(88-55-66-40-20-6-21-41-66)73(92-72)60-84-51-62-32-12-2-13-33-62/h1-47,70-79H,48-60H2/b29-28+/t70-,71-,72-,73-,74+,75-,76+,77-,78-,79-/m1/s1. The molecule has 2 saturated heterocycles. The van der Waals surface area contributed by atoms with Gasteiger partial charge in [-0.1, -0.05) is 285 Å².